The highest BCUT2D eigenvalue weighted by Crippen LogP contribution is 2.28. The maximum absolute atomic E-state index is 13.5. The van der Waals surface area contributed by atoms with Crippen molar-refractivity contribution in [3.8, 4) is 17.2 Å². The Labute approximate surface area is 181 Å². The molecule has 0 radical (unpaired) electrons. The molecule has 162 valence electrons. The Kier molecular flexibility index (Phi) is 5.46. The van der Waals surface area contributed by atoms with Crippen molar-refractivity contribution in [3.63, 3.8) is 0 Å². The number of nitro groups is 1. The summed E-state index contributed by atoms with van der Waals surface area (Å²) in [5, 5.41) is 11.3. The number of nitro benzene ring substituents is 1. The highest BCUT2D eigenvalue weighted by atomic mass is 16.6. The first-order valence-corrected chi connectivity index (χ1v) is 9.65. The van der Waals surface area contributed by atoms with Gasteiger partial charge >= 0.3 is 5.69 Å². The molecule has 0 aliphatic carbocycles. The number of para-hydroxylation sites is 1. The number of non-ortho nitro benzene ring substituents is 1. The Bertz CT molecular complexity index is 1440. The number of rotatable bonds is 6. The Balaban J connectivity index is 1.93. The molecular formula is C23H19N3O6. The Morgan fingerprint density at radius 2 is 1.59 bits per heavy atom. The van der Waals surface area contributed by atoms with Gasteiger partial charge in [0.25, 0.3) is 11.2 Å². The van der Waals surface area contributed by atoms with Crippen LogP contribution in [0.3, 0.4) is 0 Å². The van der Waals surface area contributed by atoms with Crippen LogP contribution in [0.15, 0.2) is 76.3 Å². The van der Waals surface area contributed by atoms with Crippen LogP contribution < -0.4 is 20.7 Å². The van der Waals surface area contributed by atoms with Gasteiger partial charge in [-0.3, -0.25) is 19.5 Å². The van der Waals surface area contributed by atoms with Gasteiger partial charge in [0.05, 0.1) is 42.3 Å². The summed E-state index contributed by atoms with van der Waals surface area (Å²) in [5.41, 5.74) is 0.442. The number of benzene rings is 3. The molecule has 0 amide bonds. The van der Waals surface area contributed by atoms with Crippen LogP contribution in [0, 0.1) is 10.1 Å². The Morgan fingerprint density at radius 1 is 0.906 bits per heavy atom. The summed E-state index contributed by atoms with van der Waals surface area (Å²) in [6.45, 7) is 0.130. The van der Waals surface area contributed by atoms with Gasteiger partial charge in [-0.2, -0.15) is 0 Å². The molecule has 0 saturated heterocycles. The van der Waals surface area contributed by atoms with E-state index in [1.807, 2.05) is 0 Å². The number of methoxy groups -OCH3 is 2. The lowest BCUT2D eigenvalue weighted by Gasteiger charge is -2.15. The van der Waals surface area contributed by atoms with Gasteiger partial charge in [-0.1, -0.05) is 24.3 Å². The fraction of sp³-hybridized carbons (Fsp3) is 0.130. The minimum Gasteiger partial charge on any atom is -0.493 e. The van der Waals surface area contributed by atoms with Gasteiger partial charge < -0.3 is 9.47 Å². The Hall–Kier alpha value is -4.40. The monoisotopic (exact) mass is 433 g/mol. The van der Waals surface area contributed by atoms with E-state index >= 15 is 0 Å². The molecule has 4 rings (SSSR count). The molecule has 0 atom stereocenters. The lowest BCUT2D eigenvalue weighted by atomic mass is 10.2. The molecule has 9 nitrogen and oxygen atoms in total. The summed E-state index contributed by atoms with van der Waals surface area (Å²) in [6, 6.07) is 17.6. The average molecular weight is 433 g/mol. The molecule has 0 aliphatic rings. The molecule has 3 aromatic carbocycles. The van der Waals surface area contributed by atoms with Crippen molar-refractivity contribution in [2.45, 2.75) is 6.54 Å². The van der Waals surface area contributed by atoms with Crippen molar-refractivity contribution in [2.75, 3.05) is 14.2 Å². The van der Waals surface area contributed by atoms with Gasteiger partial charge in [0.2, 0.25) is 0 Å². The van der Waals surface area contributed by atoms with Gasteiger partial charge in [-0.05, 0) is 29.8 Å². The zero-order valence-electron chi connectivity index (χ0n) is 17.3. The standard InChI is InChI=1S/C23H19N3O6/c1-31-20-12-11-17(13-21(20)32-2)25-22(27)18-5-3-4-6-19(18)24(23(25)28)14-15-7-9-16(10-8-15)26(29)30/h3-13H,14H2,1-2H3. The first-order valence-electron chi connectivity index (χ1n) is 9.65. The molecule has 0 N–H and O–H groups in total. The third-order valence-electron chi connectivity index (χ3n) is 5.16. The number of aromatic nitrogens is 2. The van der Waals surface area contributed by atoms with Crippen molar-refractivity contribution >= 4 is 16.6 Å². The fourth-order valence-corrected chi connectivity index (χ4v) is 3.57. The first kappa shape index (κ1) is 20.9. The number of hydrogen-bond donors (Lipinski definition) is 0. The summed E-state index contributed by atoms with van der Waals surface area (Å²) in [6.07, 6.45) is 0. The third kappa shape index (κ3) is 3.60. The topological polar surface area (TPSA) is 106 Å². The van der Waals surface area contributed by atoms with E-state index in [4.69, 9.17) is 9.47 Å². The van der Waals surface area contributed by atoms with E-state index in [1.54, 1.807) is 54.6 Å². The summed E-state index contributed by atoms with van der Waals surface area (Å²) >= 11 is 0. The van der Waals surface area contributed by atoms with Crippen molar-refractivity contribution in [3.05, 3.63) is 103 Å². The number of nitrogens with zero attached hydrogens (tertiary/aromatic N) is 3. The molecule has 4 aromatic rings. The molecule has 1 aromatic heterocycles. The smallest absolute Gasteiger partial charge is 0.336 e. The zero-order chi connectivity index (χ0) is 22.8. The van der Waals surface area contributed by atoms with Gasteiger partial charge in [-0.15, -0.1) is 0 Å². The minimum atomic E-state index is -0.542. The van der Waals surface area contributed by atoms with Crippen LogP contribution in [0.4, 0.5) is 5.69 Å². The Morgan fingerprint density at radius 3 is 2.25 bits per heavy atom. The predicted molar refractivity (Wildman–Crippen MR) is 119 cm³/mol. The molecule has 0 bridgehead atoms. The molecule has 0 saturated carbocycles. The number of fused-ring (bicyclic) bond motifs is 1. The van der Waals surface area contributed by atoms with Gasteiger partial charge in [0, 0.05) is 18.2 Å². The number of ether oxygens (including phenoxy) is 2. The number of hydrogen-bond acceptors (Lipinski definition) is 6. The molecule has 9 heteroatoms. The third-order valence-corrected chi connectivity index (χ3v) is 5.16. The quantitative estimate of drug-likeness (QED) is 0.342. The highest BCUT2D eigenvalue weighted by molar-refractivity contribution is 5.78. The second-order valence-electron chi connectivity index (χ2n) is 6.99. The van der Waals surface area contributed by atoms with Crippen LogP contribution in [-0.4, -0.2) is 28.3 Å². The maximum Gasteiger partial charge on any atom is 0.336 e. The van der Waals surface area contributed by atoms with Crippen LogP contribution in [0.25, 0.3) is 16.6 Å². The molecule has 0 spiro atoms. The van der Waals surface area contributed by atoms with Gasteiger partial charge in [-0.25, -0.2) is 9.36 Å². The van der Waals surface area contributed by atoms with Crippen LogP contribution in [-0.2, 0) is 6.54 Å². The van der Waals surface area contributed by atoms with Crippen LogP contribution >= 0.6 is 0 Å². The van der Waals surface area contributed by atoms with E-state index in [0.717, 1.165) is 4.57 Å². The summed E-state index contributed by atoms with van der Waals surface area (Å²) in [5.74, 6) is 0.850. The second-order valence-corrected chi connectivity index (χ2v) is 6.99. The SMILES string of the molecule is COc1ccc(-n2c(=O)c3ccccc3n(Cc3ccc([N+](=O)[O-])cc3)c2=O)cc1OC. The summed E-state index contributed by atoms with van der Waals surface area (Å²) < 4.78 is 13.1. The van der Waals surface area contributed by atoms with Crippen LogP contribution in [0.1, 0.15) is 5.56 Å². The summed E-state index contributed by atoms with van der Waals surface area (Å²) in [7, 11) is 2.97. The average Bonchev–Trinajstić information content (AvgIpc) is 2.82. The van der Waals surface area contributed by atoms with Crippen LogP contribution in [0.2, 0.25) is 0 Å². The van der Waals surface area contributed by atoms with Crippen molar-refractivity contribution in [1.82, 2.24) is 9.13 Å². The summed E-state index contributed by atoms with van der Waals surface area (Å²) in [4.78, 5) is 37.2. The van der Waals surface area contributed by atoms with E-state index in [1.165, 1.54) is 30.9 Å². The first-order chi connectivity index (χ1) is 15.4. The van der Waals surface area contributed by atoms with E-state index in [2.05, 4.69) is 0 Å². The van der Waals surface area contributed by atoms with Gasteiger partial charge in [0.15, 0.2) is 11.5 Å². The molecule has 32 heavy (non-hydrogen) atoms. The molecule has 0 unspecified atom stereocenters. The van der Waals surface area contributed by atoms with E-state index in [9.17, 15) is 19.7 Å². The van der Waals surface area contributed by atoms with E-state index < -0.39 is 16.2 Å². The molecule has 1 heterocycles. The van der Waals surface area contributed by atoms with E-state index in [-0.39, 0.29) is 12.2 Å². The van der Waals surface area contributed by atoms with E-state index in [0.29, 0.717) is 33.7 Å². The lowest BCUT2D eigenvalue weighted by Crippen LogP contribution is -2.39. The molecule has 0 aliphatic heterocycles. The lowest BCUT2D eigenvalue weighted by molar-refractivity contribution is -0.384. The largest absolute Gasteiger partial charge is 0.493 e. The normalized spacial score (nSPS) is 10.8. The maximum atomic E-state index is 13.5. The predicted octanol–water partition coefficient (Wildman–Crippen LogP) is 3.13. The highest BCUT2D eigenvalue weighted by Gasteiger charge is 2.16. The second kappa shape index (κ2) is 8.38. The minimum absolute atomic E-state index is 0.0405. The molecular weight excluding hydrogens is 414 g/mol. The van der Waals surface area contributed by atoms with Crippen molar-refractivity contribution in [1.29, 1.82) is 0 Å². The van der Waals surface area contributed by atoms with Gasteiger partial charge in [0.1, 0.15) is 0 Å². The van der Waals surface area contributed by atoms with Crippen molar-refractivity contribution in [2.24, 2.45) is 0 Å². The fourth-order valence-electron chi connectivity index (χ4n) is 3.57. The zero-order valence-corrected chi connectivity index (χ0v) is 17.3. The molecule has 0 fully saturated rings. The van der Waals surface area contributed by atoms with Crippen molar-refractivity contribution < 1.29 is 14.4 Å². The van der Waals surface area contributed by atoms with Crippen LogP contribution in [0.5, 0.6) is 11.5 Å².